The van der Waals surface area contributed by atoms with Gasteiger partial charge < -0.3 is 4.90 Å². The van der Waals surface area contributed by atoms with Crippen LogP contribution in [0.25, 0.3) is 5.65 Å². The van der Waals surface area contributed by atoms with Crippen molar-refractivity contribution in [3.8, 4) is 0 Å². The molecule has 0 unspecified atom stereocenters. The monoisotopic (exact) mass is 468 g/mol. The first-order chi connectivity index (χ1) is 13.2. The number of piperidine rings is 1. The SMILES string of the molecule is Cc1nc(N2CCC3(CCC[C@H]3N[S@](=O)C(C)(C)C)CC2)n2ncnc2c1Br. The molecule has 1 spiro atoms. The van der Waals surface area contributed by atoms with Crippen LogP contribution < -0.4 is 9.62 Å². The fraction of sp³-hybridized carbons (Fsp3) is 0.737. The number of halogens is 1. The molecule has 7 nitrogen and oxygen atoms in total. The first kappa shape index (κ1) is 20.2. The molecule has 2 aliphatic rings. The highest BCUT2D eigenvalue weighted by molar-refractivity contribution is 9.10. The molecule has 2 aromatic rings. The van der Waals surface area contributed by atoms with Gasteiger partial charge in [0.15, 0.2) is 5.65 Å². The van der Waals surface area contributed by atoms with Crippen molar-refractivity contribution >= 4 is 38.5 Å². The molecule has 1 aliphatic heterocycles. The van der Waals surface area contributed by atoms with Gasteiger partial charge in [-0.2, -0.15) is 9.61 Å². The van der Waals surface area contributed by atoms with Crippen molar-refractivity contribution in [1.82, 2.24) is 24.3 Å². The van der Waals surface area contributed by atoms with Gasteiger partial charge in [-0.3, -0.25) is 0 Å². The minimum atomic E-state index is -1.02. The maximum atomic E-state index is 12.7. The summed E-state index contributed by atoms with van der Waals surface area (Å²) in [6.45, 7) is 9.96. The summed E-state index contributed by atoms with van der Waals surface area (Å²) in [5, 5.41) is 4.38. The minimum Gasteiger partial charge on any atom is -0.341 e. The highest BCUT2D eigenvalue weighted by Gasteiger charge is 2.46. The Morgan fingerprint density at radius 2 is 2.00 bits per heavy atom. The van der Waals surface area contributed by atoms with Gasteiger partial charge in [-0.25, -0.2) is 18.9 Å². The summed E-state index contributed by atoms with van der Waals surface area (Å²) in [6, 6.07) is 0.334. The number of hydrogen-bond acceptors (Lipinski definition) is 5. The number of fused-ring (bicyclic) bond motifs is 1. The van der Waals surface area contributed by atoms with E-state index in [1.54, 1.807) is 6.33 Å². The fourth-order valence-corrected chi connectivity index (χ4v) is 5.87. The normalized spacial score (nSPS) is 23.6. The highest BCUT2D eigenvalue weighted by atomic mass is 79.9. The summed E-state index contributed by atoms with van der Waals surface area (Å²) in [5.41, 5.74) is 1.98. The number of rotatable bonds is 3. The second kappa shape index (κ2) is 7.32. The van der Waals surface area contributed by atoms with Gasteiger partial charge in [0.1, 0.15) is 6.33 Å². The van der Waals surface area contributed by atoms with Crippen molar-refractivity contribution in [1.29, 1.82) is 0 Å². The number of aryl methyl sites for hydroxylation is 1. The molecule has 0 aromatic carbocycles. The van der Waals surface area contributed by atoms with Gasteiger partial charge in [0.2, 0.25) is 5.95 Å². The fourth-order valence-electron chi connectivity index (χ4n) is 4.53. The smallest absolute Gasteiger partial charge is 0.228 e. The van der Waals surface area contributed by atoms with Crippen LogP contribution in [-0.4, -0.2) is 47.7 Å². The van der Waals surface area contributed by atoms with E-state index >= 15 is 0 Å². The Morgan fingerprint density at radius 1 is 1.29 bits per heavy atom. The van der Waals surface area contributed by atoms with Crippen LogP contribution in [0, 0.1) is 12.3 Å². The van der Waals surface area contributed by atoms with Crippen molar-refractivity contribution in [3.63, 3.8) is 0 Å². The van der Waals surface area contributed by atoms with Crippen molar-refractivity contribution in [2.75, 3.05) is 18.0 Å². The summed E-state index contributed by atoms with van der Waals surface area (Å²) < 4.78 is 18.6. The second-order valence-electron chi connectivity index (χ2n) is 9.10. The van der Waals surface area contributed by atoms with Crippen molar-refractivity contribution < 1.29 is 4.21 Å². The Bertz CT molecular complexity index is 900. The van der Waals surface area contributed by atoms with E-state index in [4.69, 9.17) is 4.98 Å². The summed E-state index contributed by atoms with van der Waals surface area (Å²) >= 11 is 3.57. The lowest BCUT2D eigenvalue weighted by Gasteiger charge is -2.44. The number of nitrogens with one attached hydrogen (secondary N) is 1. The maximum Gasteiger partial charge on any atom is 0.228 e. The Hall–Kier alpha value is -1.06. The molecule has 2 fully saturated rings. The third-order valence-electron chi connectivity index (χ3n) is 6.27. The second-order valence-corrected chi connectivity index (χ2v) is 11.9. The van der Waals surface area contributed by atoms with E-state index in [9.17, 15) is 4.21 Å². The molecular formula is C19H29BrN6OS. The minimum absolute atomic E-state index is 0.234. The van der Waals surface area contributed by atoms with E-state index in [1.807, 2.05) is 32.2 Å². The number of hydrogen-bond donors (Lipinski definition) is 1. The molecule has 1 N–H and O–H groups in total. The van der Waals surface area contributed by atoms with Gasteiger partial charge in [-0.15, -0.1) is 0 Å². The quantitative estimate of drug-likeness (QED) is 0.746. The van der Waals surface area contributed by atoms with E-state index in [1.165, 1.54) is 12.8 Å². The van der Waals surface area contributed by atoms with Crippen molar-refractivity contribution in [3.05, 3.63) is 16.5 Å². The first-order valence-corrected chi connectivity index (χ1v) is 11.9. The molecular weight excluding hydrogens is 440 g/mol. The Balaban J connectivity index is 1.53. The average Bonchev–Trinajstić information content (AvgIpc) is 3.27. The van der Waals surface area contributed by atoms with Crippen molar-refractivity contribution in [2.45, 2.75) is 70.6 Å². The topological polar surface area (TPSA) is 75.4 Å². The molecule has 1 aliphatic carbocycles. The predicted octanol–water partition coefficient (Wildman–Crippen LogP) is 3.39. The predicted molar refractivity (Wildman–Crippen MR) is 116 cm³/mol. The lowest BCUT2D eigenvalue weighted by molar-refractivity contribution is 0.187. The zero-order chi connectivity index (χ0) is 20.1. The largest absolute Gasteiger partial charge is 0.341 e. The maximum absolute atomic E-state index is 12.7. The van der Waals surface area contributed by atoms with Gasteiger partial charge >= 0.3 is 0 Å². The zero-order valence-electron chi connectivity index (χ0n) is 17.0. The molecule has 1 saturated carbocycles. The van der Waals surface area contributed by atoms with E-state index in [-0.39, 0.29) is 10.2 Å². The van der Waals surface area contributed by atoms with E-state index in [0.717, 1.165) is 54.1 Å². The Kier molecular flexibility index (Phi) is 5.29. The molecule has 0 amide bonds. The van der Waals surface area contributed by atoms with E-state index in [0.29, 0.717) is 6.04 Å². The number of anilines is 1. The molecule has 0 radical (unpaired) electrons. The summed E-state index contributed by atoms with van der Waals surface area (Å²) in [5.74, 6) is 0.865. The lowest BCUT2D eigenvalue weighted by atomic mass is 9.74. The van der Waals surface area contributed by atoms with Crippen LogP contribution >= 0.6 is 15.9 Å². The molecule has 4 rings (SSSR count). The van der Waals surface area contributed by atoms with Crippen LogP contribution in [-0.2, 0) is 11.0 Å². The van der Waals surface area contributed by atoms with Gasteiger partial charge in [0, 0.05) is 19.1 Å². The molecule has 154 valence electrons. The van der Waals surface area contributed by atoms with Crippen LogP contribution in [0.4, 0.5) is 5.95 Å². The van der Waals surface area contributed by atoms with Crippen LogP contribution in [0.2, 0.25) is 0 Å². The van der Waals surface area contributed by atoms with Crippen LogP contribution in [0.5, 0.6) is 0 Å². The van der Waals surface area contributed by atoms with E-state index < -0.39 is 11.0 Å². The molecule has 2 atom stereocenters. The highest BCUT2D eigenvalue weighted by Crippen LogP contribution is 2.47. The Labute approximate surface area is 177 Å². The van der Waals surface area contributed by atoms with Gasteiger partial charge in [-0.1, -0.05) is 6.42 Å². The molecule has 3 heterocycles. The number of aromatic nitrogens is 4. The van der Waals surface area contributed by atoms with Crippen LogP contribution in [0.1, 0.15) is 58.6 Å². The van der Waals surface area contributed by atoms with Gasteiger partial charge in [0.05, 0.1) is 25.9 Å². The molecule has 1 saturated heterocycles. The standard InChI is InChI=1S/C19H29BrN6OS/c1-13-15(20)16-21-12-22-26(16)17(23-13)25-10-8-19(9-11-25)7-5-6-14(19)24-28(27)18(2,3)4/h12,14,24H,5-11H2,1-4H3/t14-,28-/m1/s1. The average molecular weight is 469 g/mol. The molecule has 28 heavy (non-hydrogen) atoms. The molecule has 0 bridgehead atoms. The number of nitrogens with zero attached hydrogens (tertiary/aromatic N) is 5. The van der Waals surface area contributed by atoms with Gasteiger partial charge in [-0.05, 0) is 74.7 Å². The van der Waals surface area contributed by atoms with Gasteiger partial charge in [0.25, 0.3) is 0 Å². The first-order valence-electron chi connectivity index (χ1n) is 10.0. The third kappa shape index (κ3) is 3.50. The molecule has 2 aromatic heterocycles. The van der Waals surface area contributed by atoms with Crippen LogP contribution in [0.15, 0.2) is 10.8 Å². The summed E-state index contributed by atoms with van der Waals surface area (Å²) in [6.07, 6.45) is 7.28. The van der Waals surface area contributed by atoms with E-state index in [2.05, 4.69) is 35.6 Å². The summed E-state index contributed by atoms with van der Waals surface area (Å²) in [7, 11) is -1.02. The zero-order valence-corrected chi connectivity index (χ0v) is 19.4. The summed E-state index contributed by atoms with van der Waals surface area (Å²) in [4.78, 5) is 11.5. The lowest BCUT2D eigenvalue weighted by Crippen LogP contribution is -2.51. The van der Waals surface area contributed by atoms with Crippen molar-refractivity contribution in [2.24, 2.45) is 5.41 Å². The molecule has 9 heteroatoms. The third-order valence-corrected chi connectivity index (χ3v) is 8.81. The Morgan fingerprint density at radius 3 is 2.68 bits per heavy atom. The van der Waals surface area contributed by atoms with Crippen LogP contribution in [0.3, 0.4) is 0 Å².